The van der Waals surface area contributed by atoms with Gasteiger partial charge >= 0.3 is 0 Å². The first kappa shape index (κ1) is 12.5. The molecule has 0 aromatic heterocycles. The Labute approximate surface area is 118 Å². The van der Waals surface area contributed by atoms with Gasteiger partial charge in [0, 0.05) is 41.8 Å². The molecule has 1 fully saturated rings. The normalized spacial score (nSPS) is 24.1. The highest BCUT2D eigenvalue weighted by atomic mass is 79.9. The molecule has 5 heteroatoms. The zero-order valence-electron chi connectivity index (χ0n) is 9.95. The molecular formula is C13H14BrNO2S. The predicted molar refractivity (Wildman–Crippen MR) is 76.3 cm³/mol. The molecule has 0 N–H and O–H groups in total. The standard InChI is InChI=1S/C13H14BrNO2S/c14-18-13-2-1-10-11(13)7-9(8-12(10)16)15-3-5-17-6-4-15/h2,8H,1,3-7H2. The third-order valence-corrected chi connectivity index (χ3v) is 5.23. The number of allylic oxidation sites excluding steroid dienone is 5. The molecule has 0 bridgehead atoms. The maximum absolute atomic E-state index is 12.1. The van der Waals surface area contributed by atoms with Gasteiger partial charge in [-0.1, -0.05) is 6.08 Å². The van der Waals surface area contributed by atoms with Crippen LogP contribution in [0.25, 0.3) is 0 Å². The fraction of sp³-hybridized carbons (Fsp3) is 0.462. The van der Waals surface area contributed by atoms with Crippen LogP contribution in [0.15, 0.2) is 33.9 Å². The summed E-state index contributed by atoms with van der Waals surface area (Å²) >= 11 is 3.42. The number of morpholine rings is 1. The van der Waals surface area contributed by atoms with E-state index >= 15 is 0 Å². The smallest absolute Gasteiger partial charge is 0.184 e. The lowest BCUT2D eigenvalue weighted by molar-refractivity contribution is -0.111. The number of nitrogens with zero attached hydrogens (tertiary/aromatic N) is 1. The van der Waals surface area contributed by atoms with E-state index in [1.54, 1.807) is 10.2 Å². The van der Waals surface area contributed by atoms with Crippen LogP contribution in [0.4, 0.5) is 0 Å². The molecule has 0 atom stereocenters. The molecule has 18 heavy (non-hydrogen) atoms. The van der Waals surface area contributed by atoms with Crippen molar-refractivity contribution in [3.05, 3.63) is 33.9 Å². The van der Waals surface area contributed by atoms with Crippen LogP contribution >= 0.6 is 25.0 Å². The summed E-state index contributed by atoms with van der Waals surface area (Å²) in [4.78, 5) is 15.6. The minimum absolute atomic E-state index is 0.186. The number of rotatable bonds is 2. The van der Waals surface area contributed by atoms with E-state index in [1.165, 1.54) is 10.5 Å². The average molecular weight is 328 g/mol. The number of ketones is 1. The van der Waals surface area contributed by atoms with Crippen LogP contribution in [-0.4, -0.2) is 37.0 Å². The van der Waals surface area contributed by atoms with Crippen molar-refractivity contribution in [3.8, 4) is 0 Å². The Hall–Kier alpha value is -0.520. The van der Waals surface area contributed by atoms with E-state index in [0.29, 0.717) is 0 Å². The summed E-state index contributed by atoms with van der Waals surface area (Å²) in [6.07, 6.45) is 5.62. The van der Waals surface area contributed by atoms with Crippen molar-refractivity contribution in [1.29, 1.82) is 0 Å². The third kappa shape index (κ3) is 2.19. The maximum Gasteiger partial charge on any atom is 0.184 e. The first-order valence-corrected chi connectivity index (χ1v) is 8.74. The molecule has 3 rings (SSSR count). The van der Waals surface area contributed by atoms with E-state index in [-0.39, 0.29) is 5.78 Å². The zero-order valence-corrected chi connectivity index (χ0v) is 12.3. The van der Waals surface area contributed by atoms with Gasteiger partial charge in [-0.3, -0.25) is 4.79 Å². The molecule has 0 aromatic carbocycles. The lowest BCUT2D eigenvalue weighted by Gasteiger charge is -2.33. The van der Waals surface area contributed by atoms with E-state index in [9.17, 15) is 4.79 Å². The van der Waals surface area contributed by atoms with Gasteiger partial charge in [-0.05, 0) is 37.0 Å². The van der Waals surface area contributed by atoms with Gasteiger partial charge in [-0.15, -0.1) is 0 Å². The second-order valence-corrected chi connectivity index (χ2v) is 6.15. The highest BCUT2D eigenvalue weighted by Crippen LogP contribution is 2.43. The Balaban J connectivity index is 1.81. The third-order valence-electron chi connectivity index (χ3n) is 3.61. The molecule has 3 aliphatic rings. The van der Waals surface area contributed by atoms with Crippen LogP contribution in [0.3, 0.4) is 0 Å². The molecule has 96 valence electrons. The second kappa shape index (κ2) is 5.23. The fourth-order valence-corrected chi connectivity index (χ4v) is 4.05. The van der Waals surface area contributed by atoms with Crippen molar-refractivity contribution in [2.75, 3.05) is 26.3 Å². The van der Waals surface area contributed by atoms with Crippen LogP contribution < -0.4 is 0 Å². The number of hydrogen-bond acceptors (Lipinski definition) is 4. The highest BCUT2D eigenvalue weighted by Gasteiger charge is 2.29. The molecule has 0 aromatic rings. The molecule has 0 amide bonds. The molecule has 0 spiro atoms. The summed E-state index contributed by atoms with van der Waals surface area (Å²) in [5, 5.41) is 0. The molecular weight excluding hydrogens is 314 g/mol. The Kier molecular flexibility index (Phi) is 3.63. The maximum atomic E-state index is 12.1. The van der Waals surface area contributed by atoms with Gasteiger partial charge in [0.05, 0.1) is 13.2 Å². The van der Waals surface area contributed by atoms with E-state index in [1.807, 2.05) is 6.08 Å². The van der Waals surface area contributed by atoms with Crippen molar-refractivity contribution in [2.45, 2.75) is 12.8 Å². The number of carbonyl (C=O) groups is 1. The Morgan fingerprint density at radius 1 is 1.28 bits per heavy atom. The average Bonchev–Trinajstić information content (AvgIpc) is 2.83. The van der Waals surface area contributed by atoms with Crippen molar-refractivity contribution in [3.63, 3.8) is 0 Å². The lowest BCUT2D eigenvalue weighted by Crippen LogP contribution is -2.36. The summed E-state index contributed by atoms with van der Waals surface area (Å²) in [6, 6.07) is 0. The summed E-state index contributed by atoms with van der Waals surface area (Å²) in [7, 11) is 1.56. The molecule has 0 unspecified atom stereocenters. The fourth-order valence-electron chi connectivity index (χ4n) is 2.64. The van der Waals surface area contributed by atoms with Gasteiger partial charge in [-0.2, -0.15) is 0 Å². The van der Waals surface area contributed by atoms with Gasteiger partial charge in [0.25, 0.3) is 0 Å². The molecule has 1 aliphatic heterocycles. The molecule has 0 saturated carbocycles. The first-order valence-electron chi connectivity index (χ1n) is 6.08. The summed E-state index contributed by atoms with van der Waals surface area (Å²) in [5.74, 6) is 0.186. The largest absolute Gasteiger partial charge is 0.378 e. The van der Waals surface area contributed by atoms with Crippen molar-refractivity contribution < 1.29 is 9.53 Å². The van der Waals surface area contributed by atoms with E-state index in [0.717, 1.165) is 50.4 Å². The quantitative estimate of drug-likeness (QED) is 0.780. The van der Waals surface area contributed by atoms with E-state index in [4.69, 9.17) is 4.74 Å². The Morgan fingerprint density at radius 3 is 2.78 bits per heavy atom. The second-order valence-electron chi connectivity index (χ2n) is 4.58. The Bertz CT molecular complexity index is 475. The molecule has 1 heterocycles. The number of carbonyl (C=O) groups excluding carboxylic acids is 1. The summed E-state index contributed by atoms with van der Waals surface area (Å²) in [5.41, 5.74) is 3.34. The van der Waals surface area contributed by atoms with E-state index in [2.05, 4.69) is 25.8 Å². The highest BCUT2D eigenvalue weighted by molar-refractivity contribution is 9.50. The van der Waals surface area contributed by atoms with Crippen LogP contribution in [-0.2, 0) is 9.53 Å². The predicted octanol–water partition coefficient (Wildman–Crippen LogP) is 2.80. The monoisotopic (exact) mass is 327 g/mol. The van der Waals surface area contributed by atoms with Gasteiger partial charge < -0.3 is 9.64 Å². The SMILES string of the molecule is O=C1C=C(N2CCOCC2)CC2=C1CC=C2SBr. The summed E-state index contributed by atoms with van der Waals surface area (Å²) < 4.78 is 5.36. The van der Waals surface area contributed by atoms with Gasteiger partial charge in [0.1, 0.15) is 0 Å². The molecule has 3 nitrogen and oxygen atoms in total. The van der Waals surface area contributed by atoms with Crippen LogP contribution in [0.5, 0.6) is 0 Å². The zero-order chi connectivity index (χ0) is 12.5. The van der Waals surface area contributed by atoms with Crippen molar-refractivity contribution >= 4 is 30.8 Å². The first-order chi connectivity index (χ1) is 8.79. The molecule has 2 aliphatic carbocycles. The minimum atomic E-state index is 0.186. The van der Waals surface area contributed by atoms with Gasteiger partial charge in [-0.25, -0.2) is 0 Å². The Morgan fingerprint density at radius 2 is 2.06 bits per heavy atom. The van der Waals surface area contributed by atoms with Crippen LogP contribution in [0.2, 0.25) is 0 Å². The summed E-state index contributed by atoms with van der Waals surface area (Å²) in [6.45, 7) is 3.30. The number of hydrogen-bond donors (Lipinski definition) is 0. The van der Waals surface area contributed by atoms with Crippen molar-refractivity contribution in [1.82, 2.24) is 4.90 Å². The topological polar surface area (TPSA) is 29.5 Å². The minimum Gasteiger partial charge on any atom is -0.378 e. The molecule has 1 saturated heterocycles. The van der Waals surface area contributed by atoms with Gasteiger partial charge in [0.15, 0.2) is 5.78 Å². The van der Waals surface area contributed by atoms with Crippen LogP contribution in [0, 0.1) is 0 Å². The van der Waals surface area contributed by atoms with Crippen LogP contribution in [0.1, 0.15) is 12.8 Å². The van der Waals surface area contributed by atoms with Crippen molar-refractivity contribution in [2.24, 2.45) is 0 Å². The number of ether oxygens (including phenoxy) is 1. The van der Waals surface area contributed by atoms with E-state index < -0.39 is 0 Å². The number of halogens is 1. The lowest BCUT2D eigenvalue weighted by atomic mass is 9.95. The molecule has 0 radical (unpaired) electrons. The van der Waals surface area contributed by atoms with Gasteiger partial charge in [0.2, 0.25) is 0 Å².